The minimum atomic E-state index is -2.18. The van der Waals surface area contributed by atoms with Crippen LogP contribution in [0.25, 0.3) is 0 Å². The lowest BCUT2D eigenvalue weighted by molar-refractivity contribution is -0.169. The number of unbranched alkanes of at least 4 members (excludes halogenated alkanes) is 1. The first-order valence-corrected chi connectivity index (χ1v) is 9.07. The van der Waals surface area contributed by atoms with Crippen molar-refractivity contribution >= 4 is 23.5 Å². The molecule has 27 heavy (non-hydrogen) atoms. The molecule has 0 bridgehead atoms. The molecule has 0 fully saturated rings. The van der Waals surface area contributed by atoms with Crippen molar-refractivity contribution in [3.05, 3.63) is 58.9 Å². The van der Waals surface area contributed by atoms with E-state index in [0.717, 1.165) is 12.0 Å². The van der Waals surface area contributed by atoms with Crippen molar-refractivity contribution in [1.29, 1.82) is 0 Å². The first kappa shape index (κ1) is 20.8. The minimum Gasteiger partial charge on any atom is -0.462 e. The van der Waals surface area contributed by atoms with Crippen LogP contribution in [-0.2, 0) is 16.0 Å². The molecule has 144 valence electrons. The number of amides is 1. The standard InChI is InChI=1S/C19H22ClN3O4/c1-2-3-13-27-18(25)19(26,12-11-14-7-5-4-6-8-14)21-17(24)15-9-10-16(20)23-22-15/h4-10,26H,2-3,11-13H2,1H3,(H,21,24). The van der Waals surface area contributed by atoms with Crippen LogP contribution in [0.1, 0.15) is 42.2 Å². The molecule has 2 rings (SSSR count). The molecule has 1 heterocycles. The predicted octanol–water partition coefficient (Wildman–Crippen LogP) is 2.52. The average Bonchev–Trinajstić information content (AvgIpc) is 2.68. The summed E-state index contributed by atoms with van der Waals surface area (Å²) in [4.78, 5) is 24.8. The highest BCUT2D eigenvalue weighted by atomic mass is 35.5. The molecule has 0 radical (unpaired) electrons. The molecule has 1 unspecified atom stereocenters. The van der Waals surface area contributed by atoms with Crippen molar-refractivity contribution in [2.24, 2.45) is 0 Å². The molecule has 0 aliphatic heterocycles. The maximum absolute atomic E-state index is 12.4. The molecule has 1 aromatic heterocycles. The third-order valence-electron chi connectivity index (χ3n) is 3.87. The van der Waals surface area contributed by atoms with Gasteiger partial charge in [0.05, 0.1) is 6.61 Å². The lowest BCUT2D eigenvalue weighted by Gasteiger charge is -2.27. The number of aliphatic hydroxyl groups is 1. The molecule has 1 aromatic carbocycles. The van der Waals surface area contributed by atoms with Gasteiger partial charge < -0.3 is 15.2 Å². The van der Waals surface area contributed by atoms with Crippen molar-refractivity contribution in [3.63, 3.8) is 0 Å². The number of aryl methyl sites for hydroxylation is 1. The Labute approximate surface area is 162 Å². The Kier molecular flexibility index (Phi) is 7.69. The number of carbonyl (C=O) groups is 2. The van der Waals surface area contributed by atoms with E-state index in [1.54, 1.807) is 0 Å². The van der Waals surface area contributed by atoms with E-state index in [2.05, 4.69) is 15.5 Å². The Morgan fingerprint density at radius 2 is 1.93 bits per heavy atom. The second-order valence-corrected chi connectivity index (χ2v) is 6.42. The van der Waals surface area contributed by atoms with Crippen molar-refractivity contribution in [2.75, 3.05) is 6.61 Å². The average molecular weight is 392 g/mol. The van der Waals surface area contributed by atoms with Gasteiger partial charge in [-0.1, -0.05) is 55.3 Å². The molecule has 1 amide bonds. The summed E-state index contributed by atoms with van der Waals surface area (Å²) >= 11 is 5.66. The summed E-state index contributed by atoms with van der Waals surface area (Å²) in [6, 6.07) is 12.1. The Morgan fingerprint density at radius 3 is 2.56 bits per heavy atom. The molecule has 0 aliphatic carbocycles. The minimum absolute atomic E-state index is 0.0469. The van der Waals surface area contributed by atoms with Crippen LogP contribution >= 0.6 is 11.6 Å². The highest BCUT2D eigenvalue weighted by Gasteiger charge is 2.39. The fourth-order valence-electron chi connectivity index (χ4n) is 2.30. The molecule has 0 aliphatic rings. The van der Waals surface area contributed by atoms with Gasteiger partial charge in [-0.3, -0.25) is 4.79 Å². The number of nitrogens with one attached hydrogen (secondary N) is 1. The van der Waals surface area contributed by atoms with Gasteiger partial charge in [0.25, 0.3) is 5.91 Å². The van der Waals surface area contributed by atoms with Gasteiger partial charge in [-0.25, -0.2) is 4.79 Å². The normalized spacial score (nSPS) is 12.9. The zero-order chi connectivity index (χ0) is 19.7. The second-order valence-electron chi connectivity index (χ2n) is 6.03. The van der Waals surface area contributed by atoms with Crippen LogP contribution in [0.15, 0.2) is 42.5 Å². The van der Waals surface area contributed by atoms with E-state index in [0.29, 0.717) is 12.8 Å². The highest BCUT2D eigenvalue weighted by Crippen LogP contribution is 2.16. The smallest absolute Gasteiger partial charge is 0.359 e. The second kappa shape index (κ2) is 9.99. The van der Waals surface area contributed by atoms with Gasteiger partial charge in [0.15, 0.2) is 10.8 Å². The summed E-state index contributed by atoms with van der Waals surface area (Å²) in [7, 11) is 0. The van der Waals surface area contributed by atoms with Crippen molar-refractivity contribution in [2.45, 2.75) is 38.3 Å². The van der Waals surface area contributed by atoms with Gasteiger partial charge in [-0.05, 0) is 30.5 Å². The molecule has 0 spiro atoms. The van der Waals surface area contributed by atoms with Gasteiger partial charge in [0, 0.05) is 6.42 Å². The topological polar surface area (TPSA) is 101 Å². The maximum atomic E-state index is 12.4. The molecule has 8 heteroatoms. The van der Waals surface area contributed by atoms with Gasteiger partial charge in [0.1, 0.15) is 0 Å². The van der Waals surface area contributed by atoms with Crippen LogP contribution < -0.4 is 5.32 Å². The van der Waals surface area contributed by atoms with Crippen LogP contribution in [0.2, 0.25) is 5.15 Å². The molecular weight excluding hydrogens is 370 g/mol. The number of nitrogens with zero attached hydrogens (tertiary/aromatic N) is 2. The number of halogens is 1. The van der Waals surface area contributed by atoms with Crippen molar-refractivity contribution in [1.82, 2.24) is 15.5 Å². The van der Waals surface area contributed by atoms with E-state index in [1.807, 2.05) is 37.3 Å². The van der Waals surface area contributed by atoms with Gasteiger partial charge in [-0.2, -0.15) is 0 Å². The number of aromatic nitrogens is 2. The first-order valence-electron chi connectivity index (χ1n) is 8.70. The molecular formula is C19H22ClN3O4. The number of hydrogen-bond acceptors (Lipinski definition) is 6. The van der Waals surface area contributed by atoms with E-state index in [9.17, 15) is 14.7 Å². The Hall–Kier alpha value is -2.51. The number of esters is 1. The largest absolute Gasteiger partial charge is 0.462 e. The van der Waals surface area contributed by atoms with Crippen LogP contribution in [0.3, 0.4) is 0 Å². The summed E-state index contributed by atoms with van der Waals surface area (Å²) < 4.78 is 5.13. The van der Waals surface area contributed by atoms with Crippen LogP contribution in [0.5, 0.6) is 0 Å². The van der Waals surface area contributed by atoms with Crippen molar-refractivity contribution < 1.29 is 19.4 Å². The van der Waals surface area contributed by atoms with E-state index < -0.39 is 17.6 Å². The Bertz CT molecular complexity index is 755. The van der Waals surface area contributed by atoms with Crippen LogP contribution in [0, 0.1) is 0 Å². The summed E-state index contributed by atoms with van der Waals surface area (Å²) in [6.07, 6.45) is 1.82. The van der Waals surface area contributed by atoms with Crippen molar-refractivity contribution in [3.8, 4) is 0 Å². The highest BCUT2D eigenvalue weighted by molar-refractivity contribution is 6.29. The van der Waals surface area contributed by atoms with E-state index in [4.69, 9.17) is 16.3 Å². The van der Waals surface area contributed by atoms with E-state index in [-0.39, 0.29) is 23.9 Å². The molecule has 0 saturated heterocycles. The fraction of sp³-hybridized carbons (Fsp3) is 0.368. The molecule has 7 nitrogen and oxygen atoms in total. The number of hydrogen-bond donors (Lipinski definition) is 2. The van der Waals surface area contributed by atoms with Gasteiger partial charge in [-0.15, -0.1) is 10.2 Å². The molecule has 2 aromatic rings. The van der Waals surface area contributed by atoms with Gasteiger partial charge in [0.2, 0.25) is 5.72 Å². The summed E-state index contributed by atoms with van der Waals surface area (Å²) in [5.74, 6) is -1.65. The fourth-order valence-corrected chi connectivity index (χ4v) is 2.40. The molecule has 0 saturated carbocycles. The van der Waals surface area contributed by atoms with E-state index in [1.165, 1.54) is 12.1 Å². The number of ether oxygens (including phenoxy) is 1. The number of rotatable bonds is 9. The Morgan fingerprint density at radius 1 is 1.19 bits per heavy atom. The Balaban J connectivity index is 2.12. The zero-order valence-corrected chi connectivity index (χ0v) is 15.8. The maximum Gasteiger partial charge on any atom is 0.359 e. The zero-order valence-electron chi connectivity index (χ0n) is 15.0. The summed E-state index contributed by atoms with van der Waals surface area (Å²) in [6.45, 7) is 2.12. The molecule has 1 atom stereocenters. The lowest BCUT2D eigenvalue weighted by atomic mass is 10.0. The predicted molar refractivity (Wildman–Crippen MR) is 100 cm³/mol. The third kappa shape index (κ3) is 6.30. The lowest BCUT2D eigenvalue weighted by Crippen LogP contribution is -2.56. The first-order chi connectivity index (χ1) is 12.9. The monoisotopic (exact) mass is 391 g/mol. The van der Waals surface area contributed by atoms with Crippen LogP contribution in [-0.4, -0.2) is 39.5 Å². The SMILES string of the molecule is CCCCOC(=O)C(O)(CCc1ccccc1)NC(=O)c1ccc(Cl)nn1. The third-order valence-corrected chi connectivity index (χ3v) is 4.07. The molecule has 2 N–H and O–H groups in total. The number of benzene rings is 1. The quantitative estimate of drug-likeness (QED) is 0.387. The van der Waals surface area contributed by atoms with Gasteiger partial charge >= 0.3 is 5.97 Å². The summed E-state index contributed by atoms with van der Waals surface area (Å²) in [5.41, 5.74) is -1.33. The van der Waals surface area contributed by atoms with E-state index >= 15 is 0 Å². The summed E-state index contributed by atoms with van der Waals surface area (Å²) in [5, 5.41) is 20.5. The van der Waals surface area contributed by atoms with Crippen LogP contribution in [0.4, 0.5) is 0 Å². The number of carbonyl (C=O) groups excluding carboxylic acids is 2.